The van der Waals surface area contributed by atoms with Gasteiger partial charge in [-0.15, -0.1) is 0 Å². The number of nitriles is 1. The molecule has 1 radical (unpaired) electrons. The fourth-order valence-corrected chi connectivity index (χ4v) is 6.31. The Morgan fingerprint density at radius 3 is 2.65 bits per heavy atom. The Balaban J connectivity index is 1.41. The van der Waals surface area contributed by atoms with Crippen LogP contribution >= 0.6 is 0 Å². The summed E-state index contributed by atoms with van der Waals surface area (Å²) < 4.78 is 5.49. The third-order valence-corrected chi connectivity index (χ3v) is 8.33. The van der Waals surface area contributed by atoms with E-state index in [1.54, 1.807) is 0 Å². The zero-order valence-electron chi connectivity index (χ0n) is 20.9. The molecular formula is C28H38N3O3. The van der Waals surface area contributed by atoms with Crippen LogP contribution in [0.1, 0.15) is 46.1 Å². The van der Waals surface area contributed by atoms with Gasteiger partial charge in [0.05, 0.1) is 16.9 Å². The smallest absolute Gasteiger partial charge is 0.303 e. The molecule has 6 atom stereocenters. The van der Waals surface area contributed by atoms with Crippen LogP contribution in [-0.2, 0) is 9.53 Å². The van der Waals surface area contributed by atoms with Gasteiger partial charge in [-0.3, -0.25) is 9.69 Å². The molecule has 1 aromatic rings. The van der Waals surface area contributed by atoms with E-state index in [4.69, 9.17) is 4.74 Å². The van der Waals surface area contributed by atoms with Crippen LogP contribution in [0.15, 0.2) is 35.9 Å². The van der Waals surface area contributed by atoms with Crippen molar-refractivity contribution in [2.24, 2.45) is 23.7 Å². The number of esters is 1. The van der Waals surface area contributed by atoms with Crippen LogP contribution < -0.4 is 4.90 Å². The number of anilines is 1. The highest BCUT2D eigenvalue weighted by Gasteiger charge is 2.53. The Morgan fingerprint density at radius 1 is 1.26 bits per heavy atom. The first-order valence-corrected chi connectivity index (χ1v) is 12.6. The van der Waals surface area contributed by atoms with Crippen LogP contribution in [-0.4, -0.2) is 60.4 Å². The van der Waals surface area contributed by atoms with E-state index in [2.05, 4.69) is 35.8 Å². The van der Waals surface area contributed by atoms with E-state index in [0.717, 1.165) is 62.4 Å². The summed E-state index contributed by atoms with van der Waals surface area (Å²) in [7, 11) is 0. The maximum absolute atomic E-state index is 11.8. The number of benzene rings is 1. The number of rotatable bonds is 5. The van der Waals surface area contributed by atoms with Gasteiger partial charge >= 0.3 is 5.97 Å². The predicted octanol–water partition coefficient (Wildman–Crippen LogP) is 3.81. The average molecular weight is 465 g/mol. The highest BCUT2D eigenvalue weighted by atomic mass is 16.5. The fourth-order valence-electron chi connectivity index (χ4n) is 6.31. The Bertz CT molecular complexity index is 962. The second-order valence-electron chi connectivity index (χ2n) is 10.6. The lowest BCUT2D eigenvalue weighted by molar-refractivity contribution is -0.148. The first kappa shape index (κ1) is 24.8. The lowest BCUT2D eigenvalue weighted by Crippen LogP contribution is -2.57. The first-order chi connectivity index (χ1) is 16.2. The highest BCUT2D eigenvalue weighted by Crippen LogP contribution is 2.50. The van der Waals surface area contributed by atoms with Crippen LogP contribution in [0.2, 0.25) is 0 Å². The number of hydrogen-bond donors (Lipinski definition) is 1. The minimum absolute atomic E-state index is 0.0434. The summed E-state index contributed by atoms with van der Waals surface area (Å²) in [5.74, 6) is 0.669. The van der Waals surface area contributed by atoms with Crippen LogP contribution in [0.3, 0.4) is 0 Å². The zero-order chi connectivity index (χ0) is 24.5. The van der Waals surface area contributed by atoms with E-state index >= 15 is 0 Å². The zero-order valence-corrected chi connectivity index (χ0v) is 20.9. The van der Waals surface area contributed by atoms with Gasteiger partial charge in [-0.25, -0.2) is 0 Å². The molecule has 1 unspecified atom stereocenters. The van der Waals surface area contributed by atoms with Gasteiger partial charge in [-0.1, -0.05) is 32.1 Å². The van der Waals surface area contributed by atoms with Crippen molar-refractivity contribution in [2.45, 2.75) is 52.2 Å². The SMILES string of the molecule is CC(=O)O[C@@H]1[CH][C@@]2(O)[C@H](C)CC[C@@H](C(C)CN3CCN(c4ccccc4C#N)CC3)[C@H]2C=C1C. The summed E-state index contributed by atoms with van der Waals surface area (Å²) in [6.07, 6.45) is 5.70. The largest absolute Gasteiger partial charge is 0.458 e. The van der Waals surface area contributed by atoms with Crippen molar-refractivity contribution < 1.29 is 14.6 Å². The topological polar surface area (TPSA) is 76.8 Å². The highest BCUT2D eigenvalue weighted by molar-refractivity contribution is 5.67. The molecule has 0 spiro atoms. The number of para-hydroxylation sites is 1. The van der Waals surface area contributed by atoms with Crippen molar-refractivity contribution in [3.8, 4) is 6.07 Å². The number of fused-ring (bicyclic) bond motifs is 1. The fraction of sp³-hybridized carbons (Fsp3) is 0.607. The number of carbonyl (C=O) groups is 1. The number of aliphatic hydroxyl groups is 1. The second kappa shape index (κ2) is 10.1. The molecule has 183 valence electrons. The lowest BCUT2D eigenvalue weighted by atomic mass is 9.57. The Kier molecular flexibility index (Phi) is 7.35. The molecule has 2 aliphatic carbocycles. The maximum Gasteiger partial charge on any atom is 0.303 e. The molecule has 1 aliphatic heterocycles. The Hall–Kier alpha value is -2.36. The Labute approximate surface area is 204 Å². The van der Waals surface area contributed by atoms with E-state index in [0.29, 0.717) is 11.8 Å². The predicted molar refractivity (Wildman–Crippen MR) is 133 cm³/mol. The molecule has 6 nitrogen and oxygen atoms in total. The summed E-state index contributed by atoms with van der Waals surface area (Å²) in [5.41, 5.74) is 1.84. The number of hydrogen-bond acceptors (Lipinski definition) is 6. The monoisotopic (exact) mass is 464 g/mol. The Morgan fingerprint density at radius 2 is 1.97 bits per heavy atom. The molecule has 6 heteroatoms. The molecular weight excluding hydrogens is 426 g/mol. The molecule has 1 aromatic carbocycles. The van der Waals surface area contributed by atoms with Gasteiger partial charge in [0.15, 0.2) is 0 Å². The van der Waals surface area contributed by atoms with Gasteiger partial charge < -0.3 is 14.7 Å². The van der Waals surface area contributed by atoms with Gasteiger partial charge in [0, 0.05) is 52.0 Å². The molecule has 0 aromatic heterocycles. The van der Waals surface area contributed by atoms with Crippen molar-refractivity contribution in [1.29, 1.82) is 5.26 Å². The van der Waals surface area contributed by atoms with Crippen molar-refractivity contribution in [3.63, 3.8) is 0 Å². The van der Waals surface area contributed by atoms with Gasteiger partial charge in [-0.2, -0.15) is 5.26 Å². The van der Waals surface area contributed by atoms with Crippen molar-refractivity contribution >= 4 is 11.7 Å². The van der Waals surface area contributed by atoms with Gasteiger partial charge in [0.25, 0.3) is 0 Å². The van der Waals surface area contributed by atoms with Crippen molar-refractivity contribution in [1.82, 2.24) is 4.90 Å². The van der Waals surface area contributed by atoms with E-state index < -0.39 is 11.7 Å². The third kappa shape index (κ3) is 4.87. The summed E-state index contributed by atoms with van der Waals surface area (Å²) in [6.45, 7) is 12.6. The van der Waals surface area contributed by atoms with Crippen LogP contribution in [0.25, 0.3) is 0 Å². The lowest BCUT2D eigenvalue weighted by Gasteiger charge is -2.53. The number of nitrogens with zero attached hydrogens (tertiary/aromatic N) is 3. The van der Waals surface area contributed by atoms with Crippen LogP contribution in [0.5, 0.6) is 0 Å². The summed E-state index contributed by atoms with van der Waals surface area (Å²) >= 11 is 0. The van der Waals surface area contributed by atoms with Gasteiger partial charge in [0.2, 0.25) is 0 Å². The van der Waals surface area contributed by atoms with E-state index in [1.165, 1.54) is 6.92 Å². The molecule has 3 aliphatic rings. The molecule has 1 saturated carbocycles. The number of piperazine rings is 1. The van der Waals surface area contributed by atoms with Crippen LogP contribution in [0, 0.1) is 41.4 Å². The van der Waals surface area contributed by atoms with Gasteiger partial charge in [-0.05, 0) is 55.2 Å². The summed E-state index contributed by atoms with van der Waals surface area (Å²) in [5, 5.41) is 21.2. The van der Waals surface area contributed by atoms with Crippen molar-refractivity contribution in [3.05, 3.63) is 47.9 Å². The minimum atomic E-state index is -0.948. The van der Waals surface area contributed by atoms with E-state index in [9.17, 15) is 15.2 Å². The van der Waals surface area contributed by atoms with Crippen molar-refractivity contribution in [2.75, 3.05) is 37.6 Å². The third-order valence-electron chi connectivity index (χ3n) is 8.33. The normalized spacial score (nSPS) is 32.8. The molecule has 1 saturated heterocycles. The maximum atomic E-state index is 11.8. The van der Waals surface area contributed by atoms with E-state index in [-0.39, 0.29) is 17.8 Å². The minimum Gasteiger partial charge on any atom is -0.458 e. The molecule has 34 heavy (non-hydrogen) atoms. The standard InChI is InChI=1S/C28H38N3O3/c1-19-15-25-24(10-9-21(3)28(25,33)16-27(19)34-22(4)32)20(2)18-30-11-13-31(14-12-30)26-8-6-5-7-23(26)17-29/h5-8,15-16,20-21,24-25,27,33H,9-14,18H2,1-4H3/t20?,21-,24+,25-,27-,28-/m1/s1. The average Bonchev–Trinajstić information content (AvgIpc) is 2.81. The molecule has 0 bridgehead atoms. The molecule has 1 heterocycles. The first-order valence-electron chi connectivity index (χ1n) is 12.6. The molecule has 0 amide bonds. The number of ether oxygens (including phenoxy) is 1. The number of carbonyl (C=O) groups excluding carboxylic acids is 1. The molecule has 2 fully saturated rings. The quantitative estimate of drug-likeness (QED) is 0.528. The summed E-state index contributed by atoms with van der Waals surface area (Å²) in [6, 6.07) is 10.2. The van der Waals surface area contributed by atoms with Crippen LogP contribution in [0.4, 0.5) is 5.69 Å². The second-order valence-corrected chi connectivity index (χ2v) is 10.6. The molecule has 4 rings (SSSR count). The van der Waals surface area contributed by atoms with E-state index in [1.807, 2.05) is 37.6 Å². The molecule has 1 N–H and O–H groups in total. The summed E-state index contributed by atoms with van der Waals surface area (Å²) in [4.78, 5) is 16.4. The van der Waals surface area contributed by atoms with Gasteiger partial charge in [0.1, 0.15) is 12.2 Å².